The Bertz CT molecular complexity index is 1330. The smallest absolute Gasteiger partial charge is 0.222 e. The van der Waals surface area contributed by atoms with Crippen LogP contribution in [0.1, 0.15) is 85.0 Å². The second kappa shape index (κ2) is 33.8. The molecule has 2 aliphatic heterocycles. The van der Waals surface area contributed by atoms with Gasteiger partial charge in [-0.05, 0) is 38.5 Å². The minimum absolute atomic E-state index is 0.0392. The van der Waals surface area contributed by atoms with Gasteiger partial charge in [0.25, 0.3) is 0 Å². The van der Waals surface area contributed by atoms with E-state index >= 15 is 0 Å². The fraction of sp³-hybridized carbons (Fsp3) is 0.857. The highest BCUT2D eigenvalue weighted by Crippen LogP contribution is 2.24. The van der Waals surface area contributed by atoms with E-state index in [0.29, 0.717) is 77.9 Å². The SMILES string of the molecule is CC(=O)NC1C(O)C(O)C(CO)O[C@@H]1OCCCCC(=O)NCCCNC(=O)CCOCC(C)COCCC(=O)NCCCNC(=O)CCCCO[C@H]1OC(CO)C(O)C(O)C1NC(C)=O. The molecule has 0 aromatic heterocycles. The summed E-state index contributed by atoms with van der Waals surface area (Å²) >= 11 is 0. The topological polar surface area (TPSA) is 351 Å². The molecule has 0 aromatic rings. The number of unbranched alkanes of at least 4 members (excludes halogenated alkanes) is 2. The zero-order chi connectivity index (χ0) is 48.9. The van der Waals surface area contributed by atoms with Crippen LogP contribution in [0.4, 0.5) is 0 Å². The van der Waals surface area contributed by atoms with Gasteiger partial charge in [0.15, 0.2) is 12.6 Å². The molecule has 24 nitrogen and oxygen atoms in total. The van der Waals surface area contributed by atoms with E-state index in [-0.39, 0.29) is 81.7 Å². The maximum Gasteiger partial charge on any atom is 0.222 e. The van der Waals surface area contributed by atoms with E-state index in [0.717, 1.165) is 0 Å². The first-order valence-corrected chi connectivity index (χ1v) is 22.8. The van der Waals surface area contributed by atoms with Gasteiger partial charge < -0.3 is 91.0 Å². The minimum Gasteiger partial charge on any atom is -0.394 e. The predicted molar refractivity (Wildman–Crippen MR) is 232 cm³/mol. The van der Waals surface area contributed by atoms with Crippen molar-refractivity contribution >= 4 is 35.4 Å². The Balaban J connectivity index is 1.39. The van der Waals surface area contributed by atoms with Crippen LogP contribution >= 0.6 is 0 Å². The average Bonchev–Trinajstić information content (AvgIpc) is 3.27. The monoisotopic (exact) mass is 953 g/mol. The van der Waals surface area contributed by atoms with E-state index in [1.165, 1.54) is 13.8 Å². The highest BCUT2D eigenvalue weighted by molar-refractivity contribution is 5.77. The zero-order valence-electron chi connectivity index (χ0n) is 38.5. The predicted octanol–water partition coefficient (Wildman–Crippen LogP) is -4.06. The van der Waals surface area contributed by atoms with Crippen molar-refractivity contribution < 1.29 is 87.8 Å². The molecule has 66 heavy (non-hydrogen) atoms. The normalized spacial score (nSPS) is 25.6. The van der Waals surface area contributed by atoms with Crippen molar-refractivity contribution in [3.05, 3.63) is 0 Å². The lowest BCUT2D eigenvalue weighted by molar-refractivity contribution is -0.270. The van der Waals surface area contributed by atoms with Crippen molar-refractivity contribution in [2.24, 2.45) is 5.92 Å². The van der Waals surface area contributed by atoms with Crippen molar-refractivity contribution in [3.63, 3.8) is 0 Å². The summed E-state index contributed by atoms with van der Waals surface area (Å²) in [5, 5.41) is 75.8. The number of hydrogen-bond donors (Lipinski definition) is 12. The Kier molecular flexibility index (Phi) is 29.9. The fourth-order valence-corrected chi connectivity index (χ4v) is 6.79. The van der Waals surface area contributed by atoms with E-state index in [9.17, 15) is 59.4 Å². The Hall–Kier alpha value is -3.66. The van der Waals surface area contributed by atoms with Gasteiger partial charge in [-0.3, -0.25) is 28.8 Å². The summed E-state index contributed by atoms with van der Waals surface area (Å²) in [6, 6.07) is -2.05. The van der Waals surface area contributed by atoms with E-state index < -0.39 is 86.3 Å². The molecule has 0 saturated carbocycles. The number of nitrogens with one attached hydrogen (secondary N) is 6. The number of aliphatic hydroxyl groups is 6. The first-order chi connectivity index (χ1) is 31.6. The lowest BCUT2D eigenvalue weighted by Gasteiger charge is -2.42. The number of hydrogen-bond acceptors (Lipinski definition) is 18. The lowest BCUT2D eigenvalue weighted by atomic mass is 9.97. The molecule has 24 heteroatoms. The Labute approximate surface area is 385 Å². The molecule has 8 unspecified atom stereocenters. The number of carbonyl (C=O) groups is 6. The molecule has 0 spiro atoms. The van der Waals surface area contributed by atoms with Crippen LogP contribution in [0.2, 0.25) is 0 Å². The van der Waals surface area contributed by atoms with Gasteiger partial charge in [0.05, 0.1) is 39.6 Å². The summed E-state index contributed by atoms with van der Waals surface area (Å²) in [4.78, 5) is 71.7. The molecule has 2 fully saturated rings. The molecule has 10 atom stereocenters. The summed E-state index contributed by atoms with van der Waals surface area (Å²) in [5.74, 6) is -1.54. The van der Waals surface area contributed by atoms with E-state index in [2.05, 4.69) is 31.9 Å². The van der Waals surface area contributed by atoms with Crippen molar-refractivity contribution in [1.29, 1.82) is 0 Å². The molecule has 2 heterocycles. The third kappa shape index (κ3) is 23.9. The average molecular weight is 953 g/mol. The van der Waals surface area contributed by atoms with Gasteiger partial charge in [-0.1, -0.05) is 6.92 Å². The molecule has 2 aliphatic rings. The summed E-state index contributed by atoms with van der Waals surface area (Å²) in [7, 11) is 0. The van der Waals surface area contributed by atoms with Crippen LogP contribution in [0, 0.1) is 5.92 Å². The van der Waals surface area contributed by atoms with Gasteiger partial charge in [-0.15, -0.1) is 0 Å². The maximum atomic E-state index is 12.2. The van der Waals surface area contributed by atoms with Gasteiger partial charge in [-0.2, -0.15) is 0 Å². The summed E-state index contributed by atoms with van der Waals surface area (Å²) in [6.45, 7) is 6.36. The Morgan fingerprint density at radius 1 is 0.500 bits per heavy atom. The van der Waals surface area contributed by atoms with Gasteiger partial charge in [0.2, 0.25) is 35.4 Å². The van der Waals surface area contributed by atoms with Crippen molar-refractivity contribution in [2.45, 2.75) is 146 Å². The van der Waals surface area contributed by atoms with Crippen LogP contribution in [0.3, 0.4) is 0 Å². The van der Waals surface area contributed by atoms with E-state index in [1.807, 2.05) is 6.92 Å². The molecular weight excluding hydrogens is 876 g/mol. The van der Waals surface area contributed by atoms with Crippen LogP contribution in [-0.4, -0.2) is 206 Å². The first kappa shape index (κ1) is 58.5. The number of aliphatic hydroxyl groups excluding tert-OH is 6. The third-order valence-electron chi connectivity index (χ3n) is 10.4. The second-order valence-corrected chi connectivity index (χ2v) is 16.4. The van der Waals surface area contributed by atoms with Crippen LogP contribution in [-0.2, 0) is 57.2 Å². The first-order valence-electron chi connectivity index (χ1n) is 22.8. The standard InChI is InChI=1S/C42H76N6O18/c1-26(24-61-20-12-33(55)45-16-8-14-43-31(53)10-4-6-18-63-41-35(47-27(2)51)39(59)37(57)29(22-49)65-41)25-62-21-13-34(56)46-17-9-15-44-32(54)11-5-7-19-64-42-36(48-28(3)52)40(60)38(58)30(23-50)66-42/h26,29-30,35-42,49-50,57-60H,4-25H2,1-3H3,(H,43,53)(H,44,54)(H,45,55)(H,46,56)(H,47,51)(H,48,52)/t26?,29?,30?,35?,36?,37?,38?,39?,40?,41-,42-/m0/s1. The fourth-order valence-electron chi connectivity index (χ4n) is 6.79. The highest BCUT2D eigenvalue weighted by atomic mass is 16.7. The summed E-state index contributed by atoms with van der Waals surface area (Å²) in [6.07, 6.45) is -6.08. The molecule has 6 amide bonds. The molecule has 0 radical (unpaired) electrons. The third-order valence-corrected chi connectivity index (χ3v) is 10.4. The minimum atomic E-state index is -1.40. The molecule has 0 bridgehead atoms. The van der Waals surface area contributed by atoms with Crippen LogP contribution in [0.5, 0.6) is 0 Å². The van der Waals surface area contributed by atoms with E-state index in [1.54, 1.807) is 0 Å². The second-order valence-electron chi connectivity index (χ2n) is 16.4. The zero-order valence-corrected chi connectivity index (χ0v) is 38.5. The number of rotatable bonds is 34. The van der Waals surface area contributed by atoms with Crippen molar-refractivity contribution in [2.75, 3.05) is 79.0 Å². The quantitative estimate of drug-likeness (QED) is 0.0273. The number of ether oxygens (including phenoxy) is 6. The highest BCUT2D eigenvalue weighted by Gasteiger charge is 2.46. The Morgan fingerprint density at radius 2 is 0.848 bits per heavy atom. The van der Waals surface area contributed by atoms with Gasteiger partial charge in [-0.25, -0.2) is 0 Å². The lowest BCUT2D eigenvalue weighted by Crippen LogP contribution is -2.64. The maximum absolute atomic E-state index is 12.2. The van der Waals surface area contributed by atoms with Crippen LogP contribution < -0.4 is 31.9 Å². The largest absolute Gasteiger partial charge is 0.394 e. The number of carbonyl (C=O) groups excluding carboxylic acids is 6. The van der Waals surface area contributed by atoms with Gasteiger partial charge in [0, 0.05) is 84.8 Å². The van der Waals surface area contributed by atoms with Crippen LogP contribution in [0.25, 0.3) is 0 Å². The van der Waals surface area contributed by atoms with Gasteiger partial charge in [0.1, 0.15) is 48.7 Å². The van der Waals surface area contributed by atoms with Crippen LogP contribution in [0.15, 0.2) is 0 Å². The Morgan fingerprint density at radius 3 is 1.18 bits per heavy atom. The molecule has 0 aromatic carbocycles. The van der Waals surface area contributed by atoms with E-state index in [4.69, 9.17) is 28.4 Å². The summed E-state index contributed by atoms with van der Waals surface area (Å²) in [5.41, 5.74) is 0. The van der Waals surface area contributed by atoms with Gasteiger partial charge >= 0.3 is 0 Å². The summed E-state index contributed by atoms with van der Waals surface area (Å²) < 4.78 is 33.5. The molecule has 2 saturated heterocycles. The molecule has 0 aliphatic carbocycles. The van der Waals surface area contributed by atoms with Crippen molar-refractivity contribution in [3.8, 4) is 0 Å². The molecule has 12 N–H and O–H groups in total. The molecule has 382 valence electrons. The number of amides is 6. The molecular formula is C42H76N6O18. The molecule has 2 rings (SSSR count). The van der Waals surface area contributed by atoms with Crippen molar-refractivity contribution in [1.82, 2.24) is 31.9 Å².